The second-order valence-electron chi connectivity index (χ2n) is 5.42. The molecule has 0 atom stereocenters. The summed E-state index contributed by atoms with van der Waals surface area (Å²) in [4.78, 5) is 12.9. The molecule has 1 aromatic heterocycles. The fourth-order valence-electron chi connectivity index (χ4n) is 2.44. The van der Waals surface area contributed by atoms with Crippen molar-refractivity contribution in [3.63, 3.8) is 0 Å². The van der Waals surface area contributed by atoms with Crippen LogP contribution in [-0.2, 0) is 0 Å². The van der Waals surface area contributed by atoms with Crippen molar-refractivity contribution in [2.45, 2.75) is 6.92 Å². The van der Waals surface area contributed by atoms with E-state index < -0.39 is 0 Å². The highest BCUT2D eigenvalue weighted by Crippen LogP contribution is 2.37. The van der Waals surface area contributed by atoms with E-state index >= 15 is 0 Å². The van der Waals surface area contributed by atoms with Crippen LogP contribution in [0.15, 0.2) is 46.0 Å². The summed E-state index contributed by atoms with van der Waals surface area (Å²) >= 11 is 11.1. The molecule has 1 N–H and O–H groups in total. The number of halogens is 2. The minimum atomic E-state index is -0.371. The summed E-state index contributed by atoms with van der Waals surface area (Å²) in [7, 11) is 1.59. The number of hydrazone groups is 1. The number of rotatable bonds is 6. The van der Waals surface area contributed by atoms with Crippen LogP contribution in [0, 0.1) is 0 Å². The molecule has 0 unspecified atom stereocenters. The van der Waals surface area contributed by atoms with Crippen LogP contribution in [0.25, 0.3) is 10.1 Å². The Kier molecular flexibility index (Phi) is 6.36. The molecule has 1 amide bonds. The second-order valence-corrected chi connectivity index (χ2v) is 7.77. The highest BCUT2D eigenvalue weighted by atomic mass is 79.9. The molecule has 0 aliphatic rings. The number of fused-ring (bicyclic) bond motifs is 1. The Morgan fingerprint density at radius 2 is 2.15 bits per heavy atom. The molecule has 3 aromatic rings. The average Bonchev–Trinajstić information content (AvgIpc) is 3.00. The molecular formula is C19H16BrClN2O3S. The molecule has 5 nitrogen and oxygen atoms in total. The molecule has 0 bridgehead atoms. The highest BCUT2D eigenvalue weighted by molar-refractivity contribution is 9.10. The quantitative estimate of drug-likeness (QED) is 0.385. The van der Waals surface area contributed by atoms with E-state index in [1.165, 1.54) is 17.6 Å². The number of nitrogens with zero attached hydrogens (tertiary/aromatic N) is 1. The summed E-state index contributed by atoms with van der Waals surface area (Å²) < 4.78 is 12.5. The van der Waals surface area contributed by atoms with E-state index in [9.17, 15) is 4.79 Å². The normalized spacial score (nSPS) is 11.1. The van der Waals surface area contributed by atoms with Gasteiger partial charge in [-0.2, -0.15) is 5.10 Å². The lowest BCUT2D eigenvalue weighted by atomic mass is 10.2. The van der Waals surface area contributed by atoms with Gasteiger partial charge in [0.15, 0.2) is 0 Å². The maximum atomic E-state index is 12.5. The number of hydrogen-bond donors (Lipinski definition) is 1. The van der Waals surface area contributed by atoms with E-state index in [1.54, 1.807) is 7.11 Å². The van der Waals surface area contributed by atoms with Gasteiger partial charge in [0.25, 0.3) is 5.91 Å². The minimum absolute atomic E-state index is 0.371. The van der Waals surface area contributed by atoms with Crippen molar-refractivity contribution in [1.82, 2.24) is 5.43 Å². The Bertz CT molecular complexity index is 1020. The van der Waals surface area contributed by atoms with Gasteiger partial charge < -0.3 is 9.47 Å². The molecule has 0 aliphatic heterocycles. The predicted octanol–water partition coefficient (Wildman–Crippen LogP) is 5.49. The van der Waals surface area contributed by atoms with Gasteiger partial charge in [-0.15, -0.1) is 11.3 Å². The molecule has 3 rings (SSSR count). The first-order chi connectivity index (χ1) is 13.0. The van der Waals surface area contributed by atoms with E-state index in [0.717, 1.165) is 20.1 Å². The molecule has 0 saturated heterocycles. The smallest absolute Gasteiger partial charge is 0.283 e. The fraction of sp³-hybridized carbons (Fsp3) is 0.158. The van der Waals surface area contributed by atoms with E-state index in [-0.39, 0.29) is 5.91 Å². The molecule has 2 aromatic carbocycles. The Morgan fingerprint density at radius 3 is 2.89 bits per heavy atom. The number of methoxy groups -OCH3 is 1. The number of hydrogen-bond acceptors (Lipinski definition) is 5. The first kappa shape index (κ1) is 19.7. The molecule has 27 heavy (non-hydrogen) atoms. The summed E-state index contributed by atoms with van der Waals surface area (Å²) in [6.45, 7) is 2.44. The summed E-state index contributed by atoms with van der Waals surface area (Å²) in [5.41, 5.74) is 3.27. The lowest BCUT2D eigenvalue weighted by molar-refractivity contribution is 0.0959. The van der Waals surface area contributed by atoms with E-state index in [4.69, 9.17) is 21.1 Å². The van der Waals surface area contributed by atoms with Crippen LogP contribution in [0.1, 0.15) is 22.2 Å². The van der Waals surface area contributed by atoms with Crippen molar-refractivity contribution in [3.8, 4) is 11.5 Å². The summed E-state index contributed by atoms with van der Waals surface area (Å²) in [5.74, 6) is 1.03. The van der Waals surface area contributed by atoms with Gasteiger partial charge >= 0.3 is 0 Å². The summed E-state index contributed by atoms with van der Waals surface area (Å²) in [6, 6.07) is 11.1. The topological polar surface area (TPSA) is 59.9 Å². The molecule has 140 valence electrons. The Balaban J connectivity index is 1.80. The van der Waals surface area contributed by atoms with Gasteiger partial charge in [-0.1, -0.05) is 27.5 Å². The summed E-state index contributed by atoms with van der Waals surface area (Å²) in [5, 5.41) is 5.26. The molecule has 0 saturated carbocycles. The third kappa shape index (κ3) is 4.43. The molecule has 0 radical (unpaired) electrons. The van der Waals surface area contributed by atoms with E-state index in [1.807, 2.05) is 43.3 Å². The number of carbonyl (C=O) groups excluding carboxylic acids is 1. The largest absolute Gasteiger partial charge is 0.497 e. The maximum absolute atomic E-state index is 12.5. The Labute approximate surface area is 174 Å². The zero-order valence-corrected chi connectivity index (χ0v) is 17.7. The molecule has 1 heterocycles. The second kappa shape index (κ2) is 8.73. The van der Waals surface area contributed by atoms with Gasteiger partial charge in [-0.3, -0.25) is 4.79 Å². The minimum Gasteiger partial charge on any atom is -0.497 e. The van der Waals surface area contributed by atoms with Gasteiger partial charge in [0.05, 0.1) is 25.0 Å². The van der Waals surface area contributed by atoms with Crippen molar-refractivity contribution in [1.29, 1.82) is 0 Å². The van der Waals surface area contributed by atoms with Crippen LogP contribution in [-0.4, -0.2) is 25.8 Å². The molecule has 0 fully saturated rings. The zero-order valence-electron chi connectivity index (χ0n) is 14.6. The first-order valence-corrected chi connectivity index (χ1v) is 10.0. The highest BCUT2D eigenvalue weighted by Gasteiger charge is 2.17. The van der Waals surface area contributed by atoms with Gasteiger partial charge in [0.2, 0.25) is 0 Å². The third-order valence-corrected chi connectivity index (χ3v) is 5.83. The zero-order chi connectivity index (χ0) is 19.4. The lowest BCUT2D eigenvalue weighted by Crippen LogP contribution is -2.16. The van der Waals surface area contributed by atoms with Crippen molar-refractivity contribution >= 4 is 61.1 Å². The van der Waals surface area contributed by atoms with Crippen LogP contribution in [0.2, 0.25) is 5.02 Å². The van der Waals surface area contributed by atoms with Gasteiger partial charge in [0, 0.05) is 20.1 Å². The Morgan fingerprint density at radius 1 is 1.33 bits per heavy atom. The lowest BCUT2D eigenvalue weighted by Gasteiger charge is -2.07. The first-order valence-electron chi connectivity index (χ1n) is 8.05. The van der Waals surface area contributed by atoms with Crippen molar-refractivity contribution < 1.29 is 14.3 Å². The summed E-state index contributed by atoms with van der Waals surface area (Å²) in [6.07, 6.45) is 1.54. The van der Waals surface area contributed by atoms with Gasteiger partial charge in [-0.05, 0) is 43.3 Å². The SMILES string of the molecule is CCOc1ccc(Br)cc1/C=N\NC(=O)c1sc2cc(OC)ccc2c1Cl. The van der Waals surface area contributed by atoms with Gasteiger partial charge in [0.1, 0.15) is 16.4 Å². The van der Waals surface area contributed by atoms with Crippen LogP contribution in [0.4, 0.5) is 0 Å². The number of carbonyl (C=O) groups is 1. The van der Waals surface area contributed by atoms with Crippen LogP contribution in [0.5, 0.6) is 11.5 Å². The number of ether oxygens (including phenoxy) is 2. The number of amides is 1. The predicted molar refractivity (Wildman–Crippen MR) is 114 cm³/mol. The molecular weight excluding hydrogens is 452 g/mol. The van der Waals surface area contributed by atoms with E-state index in [2.05, 4.69) is 26.5 Å². The van der Waals surface area contributed by atoms with Crippen molar-refractivity contribution in [2.75, 3.05) is 13.7 Å². The number of benzene rings is 2. The van der Waals surface area contributed by atoms with Gasteiger partial charge in [-0.25, -0.2) is 5.43 Å². The number of thiophene rings is 1. The average molecular weight is 468 g/mol. The molecule has 0 aliphatic carbocycles. The fourth-order valence-corrected chi connectivity index (χ4v) is 4.25. The van der Waals surface area contributed by atoms with Crippen LogP contribution < -0.4 is 14.9 Å². The molecule has 8 heteroatoms. The Hall–Kier alpha value is -2.09. The monoisotopic (exact) mass is 466 g/mol. The van der Waals surface area contributed by atoms with Crippen molar-refractivity contribution in [2.24, 2.45) is 5.10 Å². The number of nitrogens with one attached hydrogen (secondary N) is 1. The molecule has 0 spiro atoms. The maximum Gasteiger partial charge on any atom is 0.283 e. The van der Waals surface area contributed by atoms with Crippen LogP contribution in [0.3, 0.4) is 0 Å². The standard InChI is InChI=1S/C19H16BrClN2O3S/c1-3-26-15-7-4-12(20)8-11(15)10-22-23-19(24)18-17(21)14-6-5-13(25-2)9-16(14)27-18/h4-10H,3H2,1-2H3,(H,23,24)/b22-10-. The third-order valence-electron chi connectivity index (χ3n) is 3.68. The van der Waals surface area contributed by atoms with E-state index in [0.29, 0.717) is 28.0 Å². The van der Waals surface area contributed by atoms with Crippen LogP contribution >= 0.6 is 38.9 Å². The van der Waals surface area contributed by atoms with Crippen molar-refractivity contribution in [3.05, 3.63) is 56.3 Å².